The standard InChI is InChI=1S/C23H30N4O5.CH4O/c1-5-7-18-20-21(26(4)25-18)22(28)27(15(3)24-20)12-13-32-17-10-8-16(9-11-17)14-19(23(29)30)31-6-2;1-2/h8-11,19H,5-7,12-14H2,1-4H3,(H,29,30);2H,1H3. The summed E-state index contributed by atoms with van der Waals surface area (Å²) in [6.07, 6.45) is 1.14. The molecule has 10 heteroatoms. The molecule has 3 rings (SSSR count). The molecule has 34 heavy (non-hydrogen) atoms. The van der Waals surface area contributed by atoms with Crippen molar-refractivity contribution in [2.45, 2.75) is 52.7 Å². The van der Waals surface area contributed by atoms with Crippen LogP contribution in [0.15, 0.2) is 29.1 Å². The number of aliphatic hydroxyl groups is 1. The van der Waals surface area contributed by atoms with Crippen molar-refractivity contribution < 1.29 is 24.5 Å². The number of aliphatic hydroxyl groups excluding tert-OH is 1. The van der Waals surface area contributed by atoms with Crippen molar-refractivity contribution in [3.63, 3.8) is 0 Å². The quantitative estimate of drug-likeness (QED) is 0.432. The van der Waals surface area contributed by atoms with Crippen molar-refractivity contribution in [2.24, 2.45) is 7.05 Å². The maximum atomic E-state index is 13.0. The fourth-order valence-electron chi connectivity index (χ4n) is 3.70. The molecule has 0 fully saturated rings. The number of aromatic nitrogens is 4. The van der Waals surface area contributed by atoms with E-state index in [0.717, 1.165) is 31.2 Å². The van der Waals surface area contributed by atoms with Crippen LogP contribution in [0.1, 0.15) is 37.4 Å². The number of rotatable bonds is 11. The summed E-state index contributed by atoms with van der Waals surface area (Å²) < 4.78 is 14.3. The number of hydrogen-bond acceptors (Lipinski definition) is 7. The number of carboxylic acids is 1. The van der Waals surface area contributed by atoms with Gasteiger partial charge < -0.3 is 19.7 Å². The van der Waals surface area contributed by atoms with Gasteiger partial charge in [0.2, 0.25) is 0 Å². The lowest BCUT2D eigenvalue weighted by Gasteiger charge is -2.13. The maximum absolute atomic E-state index is 13.0. The molecular formula is C24H34N4O6. The second-order valence-electron chi connectivity index (χ2n) is 7.61. The Bertz CT molecular complexity index is 1140. The number of carbonyl (C=O) groups is 1. The molecule has 2 heterocycles. The molecule has 3 aromatic rings. The Morgan fingerprint density at radius 3 is 2.44 bits per heavy atom. The van der Waals surface area contributed by atoms with E-state index in [-0.39, 0.29) is 12.0 Å². The summed E-state index contributed by atoms with van der Waals surface area (Å²) >= 11 is 0. The van der Waals surface area contributed by atoms with Crippen LogP contribution in [0.25, 0.3) is 11.0 Å². The van der Waals surface area contributed by atoms with E-state index in [2.05, 4.69) is 17.0 Å². The van der Waals surface area contributed by atoms with Gasteiger partial charge in [-0.15, -0.1) is 0 Å². The van der Waals surface area contributed by atoms with Crippen LogP contribution in [-0.4, -0.2) is 61.9 Å². The number of benzene rings is 1. The first kappa shape index (κ1) is 27.0. The Morgan fingerprint density at radius 2 is 1.85 bits per heavy atom. The third-order valence-corrected chi connectivity index (χ3v) is 5.26. The van der Waals surface area contributed by atoms with Gasteiger partial charge in [-0.05, 0) is 38.0 Å². The van der Waals surface area contributed by atoms with Gasteiger partial charge in [-0.1, -0.05) is 25.5 Å². The van der Waals surface area contributed by atoms with Crippen molar-refractivity contribution in [1.82, 2.24) is 19.3 Å². The molecule has 0 saturated carbocycles. The predicted molar refractivity (Wildman–Crippen MR) is 128 cm³/mol. The second kappa shape index (κ2) is 12.9. The van der Waals surface area contributed by atoms with Gasteiger partial charge in [-0.25, -0.2) is 9.78 Å². The minimum absolute atomic E-state index is 0.126. The summed E-state index contributed by atoms with van der Waals surface area (Å²) in [6.45, 7) is 6.65. The lowest BCUT2D eigenvalue weighted by atomic mass is 10.1. The Balaban J connectivity index is 0.00000199. The number of aliphatic carboxylic acids is 1. The monoisotopic (exact) mass is 474 g/mol. The number of nitrogens with zero attached hydrogens (tertiary/aromatic N) is 4. The molecule has 186 valence electrons. The summed E-state index contributed by atoms with van der Waals surface area (Å²) in [5.41, 5.74) is 2.75. The van der Waals surface area contributed by atoms with Gasteiger partial charge in [0.25, 0.3) is 5.56 Å². The van der Waals surface area contributed by atoms with Crippen molar-refractivity contribution in [1.29, 1.82) is 0 Å². The summed E-state index contributed by atoms with van der Waals surface area (Å²) in [4.78, 5) is 28.9. The van der Waals surface area contributed by atoms with Crippen molar-refractivity contribution in [3.8, 4) is 5.75 Å². The first-order valence-electron chi connectivity index (χ1n) is 11.3. The second-order valence-corrected chi connectivity index (χ2v) is 7.61. The van der Waals surface area contributed by atoms with E-state index in [1.165, 1.54) is 0 Å². The van der Waals surface area contributed by atoms with Crippen LogP contribution < -0.4 is 10.3 Å². The average molecular weight is 475 g/mol. The zero-order valence-corrected chi connectivity index (χ0v) is 20.4. The largest absolute Gasteiger partial charge is 0.492 e. The van der Waals surface area contributed by atoms with Gasteiger partial charge in [-0.3, -0.25) is 14.0 Å². The minimum Gasteiger partial charge on any atom is -0.492 e. The fourth-order valence-corrected chi connectivity index (χ4v) is 3.70. The smallest absolute Gasteiger partial charge is 0.333 e. The molecule has 0 aliphatic carbocycles. The summed E-state index contributed by atoms with van der Waals surface area (Å²) in [6, 6.07) is 7.21. The highest BCUT2D eigenvalue weighted by atomic mass is 16.5. The van der Waals surface area contributed by atoms with Crippen molar-refractivity contribution >= 4 is 17.0 Å². The van der Waals surface area contributed by atoms with Crippen LogP contribution in [0.5, 0.6) is 5.75 Å². The van der Waals surface area contributed by atoms with Crippen LogP contribution in [0, 0.1) is 6.92 Å². The average Bonchev–Trinajstić information content (AvgIpc) is 3.13. The van der Waals surface area contributed by atoms with Crippen molar-refractivity contribution in [2.75, 3.05) is 20.3 Å². The maximum Gasteiger partial charge on any atom is 0.333 e. The van der Waals surface area contributed by atoms with Gasteiger partial charge in [-0.2, -0.15) is 5.10 Å². The molecule has 1 unspecified atom stereocenters. The van der Waals surface area contributed by atoms with E-state index >= 15 is 0 Å². The van der Waals surface area contributed by atoms with E-state index in [1.807, 2.05) is 19.1 Å². The number of fused-ring (bicyclic) bond motifs is 1. The van der Waals surface area contributed by atoms with Gasteiger partial charge in [0, 0.05) is 27.2 Å². The van der Waals surface area contributed by atoms with Crippen LogP contribution in [0.3, 0.4) is 0 Å². The number of ether oxygens (including phenoxy) is 2. The van der Waals surface area contributed by atoms with E-state index in [4.69, 9.17) is 14.6 Å². The van der Waals surface area contributed by atoms with E-state index < -0.39 is 12.1 Å². The van der Waals surface area contributed by atoms with Crippen LogP contribution in [-0.2, 0) is 36.0 Å². The SMILES string of the molecule is CCCc1nn(C)c2c(=O)n(CCOc3ccc(CC(OCC)C(=O)O)cc3)c(C)nc12.CO. The third kappa shape index (κ3) is 6.42. The molecule has 2 aromatic heterocycles. The molecular weight excluding hydrogens is 440 g/mol. The topological polar surface area (TPSA) is 129 Å². The van der Waals surface area contributed by atoms with Gasteiger partial charge >= 0.3 is 5.97 Å². The molecule has 0 aliphatic rings. The number of aryl methyl sites for hydroxylation is 3. The Morgan fingerprint density at radius 1 is 1.18 bits per heavy atom. The number of carboxylic acid groups (broad SMARTS) is 1. The Hall–Kier alpha value is -3.24. The summed E-state index contributed by atoms with van der Waals surface area (Å²) in [7, 11) is 2.77. The lowest BCUT2D eigenvalue weighted by Crippen LogP contribution is -2.27. The van der Waals surface area contributed by atoms with Gasteiger partial charge in [0.05, 0.1) is 12.2 Å². The molecule has 0 saturated heterocycles. The predicted octanol–water partition coefficient (Wildman–Crippen LogP) is 2.11. The molecule has 0 aliphatic heterocycles. The van der Waals surface area contributed by atoms with Gasteiger partial charge in [0.15, 0.2) is 11.6 Å². The van der Waals surface area contributed by atoms with Crippen LogP contribution in [0.4, 0.5) is 0 Å². The Labute approximate surface area is 198 Å². The van der Waals surface area contributed by atoms with Crippen LogP contribution in [0.2, 0.25) is 0 Å². The highest BCUT2D eigenvalue weighted by molar-refractivity contribution is 5.76. The molecule has 2 N–H and O–H groups in total. The molecule has 0 radical (unpaired) electrons. The van der Waals surface area contributed by atoms with E-state index in [9.17, 15) is 14.7 Å². The highest BCUT2D eigenvalue weighted by Crippen LogP contribution is 2.16. The lowest BCUT2D eigenvalue weighted by molar-refractivity contribution is -0.149. The third-order valence-electron chi connectivity index (χ3n) is 5.26. The molecule has 0 amide bonds. The first-order valence-corrected chi connectivity index (χ1v) is 11.3. The zero-order chi connectivity index (χ0) is 25.3. The van der Waals surface area contributed by atoms with E-state index in [1.54, 1.807) is 35.4 Å². The zero-order valence-electron chi connectivity index (χ0n) is 20.4. The molecule has 10 nitrogen and oxygen atoms in total. The van der Waals surface area contributed by atoms with Gasteiger partial charge in [0.1, 0.15) is 23.7 Å². The minimum atomic E-state index is -0.978. The van der Waals surface area contributed by atoms with E-state index in [0.29, 0.717) is 42.4 Å². The highest BCUT2D eigenvalue weighted by Gasteiger charge is 2.18. The first-order chi connectivity index (χ1) is 16.3. The fraction of sp³-hybridized carbons (Fsp3) is 0.500. The molecule has 0 bridgehead atoms. The van der Waals surface area contributed by atoms with Crippen LogP contribution >= 0.6 is 0 Å². The number of hydrogen-bond donors (Lipinski definition) is 2. The molecule has 1 aromatic carbocycles. The summed E-state index contributed by atoms with van der Waals surface area (Å²) in [5.74, 6) is 0.291. The normalized spacial score (nSPS) is 11.7. The molecule has 0 spiro atoms. The summed E-state index contributed by atoms with van der Waals surface area (Å²) in [5, 5.41) is 20.7. The van der Waals surface area contributed by atoms with Crippen molar-refractivity contribution in [3.05, 3.63) is 51.7 Å². The molecule has 1 atom stereocenters. The Kier molecular flexibility index (Phi) is 10.2.